The summed E-state index contributed by atoms with van der Waals surface area (Å²) >= 11 is 6.29. The Hall–Kier alpha value is -4.04. The number of hydrogen-bond acceptors (Lipinski definition) is 5. The SMILES string of the molecule is COc1ccc(NC(=O)Cn2c(=O)n(-c3ccccc3Cl)c(=O)c3cc(C)ccc32)cc1OC. The first-order valence-corrected chi connectivity index (χ1v) is 10.7. The van der Waals surface area contributed by atoms with Crippen LogP contribution in [0.3, 0.4) is 0 Å². The Bertz CT molecular complexity index is 1520. The molecule has 0 aliphatic rings. The molecule has 4 rings (SSSR count). The number of para-hydroxylation sites is 1. The van der Waals surface area contributed by atoms with E-state index in [2.05, 4.69) is 5.32 Å². The van der Waals surface area contributed by atoms with E-state index in [0.29, 0.717) is 28.1 Å². The molecule has 1 N–H and O–H groups in total. The molecule has 0 saturated carbocycles. The van der Waals surface area contributed by atoms with E-state index in [-0.39, 0.29) is 17.3 Å². The molecule has 1 heterocycles. The van der Waals surface area contributed by atoms with Crippen LogP contribution in [-0.2, 0) is 11.3 Å². The second kappa shape index (κ2) is 9.44. The first kappa shape index (κ1) is 23.1. The maximum Gasteiger partial charge on any atom is 0.336 e. The third-order valence-corrected chi connectivity index (χ3v) is 5.68. The zero-order valence-electron chi connectivity index (χ0n) is 18.8. The van der Waals surface area contributed by atoms with Gasteiger partial charge in [-0.25, -0.2) is 9.36 Å². The van der Waals surface area contributed by atoms with Crippen molar-refractivity contribution >= 4 is 34.1 Å². The minimum absolute atomic E-state index is 0.245. The second-order valence-corrected chi connectivity index (χ2v) is 8.01. The highest BCUT2D eigenvalue weighted by molar-refractivity contribution is 6.32. The molecule has 8 nitrogen and oxygen atoms in total. The van der Waals surface area contributed by atoms with Crippen LogP contribution in [0.25, 0.3) is 16.6 Å². The number of methoxy groups -OCH3 is 2. The molecule has 9 heteroatoms. The fourth-order valence-corrected chi connectivity index (χ4v) is 3.96. The fraction of sp³-hybridized carbons (Fsp3) is 0.160. The van der Waals surface area contributed by atoms with Gasteiger partial charge in [0.25, 0.3) is 5.56 Å². The Morgan fingerprint density at radius 1 is 0.971 bits per heavy atom. The smallest absolute Gasteiger partial charge is 0.336 e. The van der Waals surface area contributed by atoms with Crippen molar-refractivity contribution in [2.45, 2.75) is 13.5 Å². The van der Waals surface area contributed by atoms with Crippen LogP contribution in [0.4, 0.5) is 5.69 Å². The largest absolute Gasteiger partial charge is 0.493 e. The lowest BCUT2D eigenvalue weighted by Crippen LogP contribution is -2.41. The van der Waals surface area contributed by atoms with Crippen LogP contribution in [0.1, 0.15) is 5.56 Å². The molecule has 0 bridgehead atoms. The number of fused-ring (bicyclic) bond motifs is 1. The molecule has 174 valence electrons. The monoisotopic (exact) mass is 479 g/mol. The Morgan fingerprint density at radius 3 is 2.41 bits per heavy atom. The van der Waals surface area contributed by atoms with Gasteiger partial charge in [-0.05, 0) is 43.3 Å². The van der Waals surface area contributed by atoms with E-state index in [0.717, 1.165) is 10.1 Å². The number of benzene rings is 3. The van der Waals surface area contributed by atoms with Gasteiger partial charge < -0.3 is 14.8 Å². The van der Waals surface area contributed by atoms with Gasteiger partial charge in [0.05, 0.1) is 35.8 Å². The zero-order chi connectivity index (χ0) is 24.4. The Balaban J connectivity index is 1.81. The molecule has 0 saturated heterocycles. The topological polar surface area (TPSA) is 91.6 Å². The molecule has 0 radical (unpaired) electrons. The summed E-state index contributed by atoms with van der Waals surface area (Å²) in [5, 5.41) is 3.31. The number of amides is 1. The normalized spacial score (nSPS) is 10.8. The van der Waals surface area contributed by atoms with Gasteiger partial charge in [0.15, 0.2) is 11.5 Å². The average Bonchev–Trinajstić information content (AvgIpc) is 2.83. The molecule has 4 aromatic rings. The van der Waals surface area contributed by atoms with E-state index in [1.165, 1.54) is 18.8 Å². The van der Waals surface area contributed by atoms with E-state index in [1.54, 1.807) is 60.7 Å². The number of anilines is 1. The second-order valence-electron chi connectivity index (χ2n) is 7.60. The molecule has 0 aliphatic heterocycles. The van der Waals surface area contributed by atoms with E-state index < -0.39 is 17.2 Å². The molecule has 3 aromatic carbocycles. The molecule has 1 aromatic heterocycles. The minimum Gasteiger partial charge on any atom is -0.493 e. The van der Waals surface area contributed by atoms with Crippen LogP contribution in [0.15, 0.2) is 70.3 Å². The summed E-state index contributed by atoms with van der Waals surface area (Å²) in [5.41, 5.74) is 0.735. The number of nitrogens with zero attached hydrogens (tertiary/aromatic N) is 2. The van der Waals surface area contributed by atoms with Gasteiger partial charge in [0, 0.05) is 11.8 Å². The number of halogens is 1. The molecule has 1 amide bonds. The summed E-state index contributed by atoms with van der Waals surface area (Å²) in [6.45, 7) is 1.52. The number of carbonyl (C=O) groups is 1. The molecule has 0 fully saturated rings. The Morgan fingerprint density at radius 2 is 1.71 bits per heavy atom. The number of aryl methyl sites for hydroxylation is 1. The molecular weight excluding hydrogens is 458 g/mol. The van der Waals surface area contributed by atoms with Crippen LogP contribution >= 0.6 is 11.6 Å². The third-order valence-electron chi connectivity index (χ3n) is 5.36. The maximum absolute atomic E-state index is 13.5. The van der Waals surface area contributed by atoms with Gasteiger partial charge in [-0.2, -0.15) is 0 Å². The van der Waals surface area contributed by atoms with Gasteiger partial charge in [0.2, 0.25) is 5.91 Å². The highest BCUT2D eigenvalue weighted by Gasteiger charge is 2.18. The van der Waals surface area contributed by atoms with Crippen molar-refractivity contribution in [2.75, 3.05) is 19.5 Å². The van der Waals surface area contributed by atoms with Crippen LogP contribution in [0.5, 0.6) is 11.5 Å². The number of carbonyl (C=O) groups excluding carboxylic acids is 1. The molecular formula is C25H22ClN3O5. The van der Waals surface area contributed by atoms with Crippen molar-refractivity contribution in [3.63, 3.8) is 0 Å². The van der Waals surface area contributed by atoms with Crippen LogP contribution in [-0.4, -0.2) is 29.3 Å². The van der Waals surface area contributed by atoms with Crippen molar-refractivity contribution in [3.05, 3.63) is 92.1 Å². The highest BCUT2D eigenvalue weighted by atomic mass is 35.5. The van der Waals surface area contributed by atoms with Crippen LogP contribution in [0, 0.1) is 6.92 Å². The molecule has 34 heavy (non-hydrogen) atoms. The van der Waals surface area contributed by atoms with Crippen LogP contribution < -0.4 is 26.0 Å². The maximum atomic E-state index is 13.5. The lowest BCUT2D eigenvalue weighted by Gasteiger charge is -2.16. The number of ether oxygens (including phenoxy) is 2. The van der Waals surface area contributed by atoms with E-state index in [9.17, 15) is 14.4 Å². The Labute approximate surface area is 199 Å². The summed E-state index contributed by atoms with van der Waals surface area (Å²) in [6, 6.07) is 16.6. The molecule has 0 atom stereocenters. The van der Waals surface area contributed by atoms with Crippen molar-refractivity contribution in [1.29, 1.82) is 0 Å². The number of hydrogen-bond donors (Lipinski definition) is 1. The standard InChI is InChI=1S/C25H22ClN3O5/c1-15-8-10-19-17(12-15)24(31)29(20-7-5-4-6-18(20)26)25(32)28(19)14-23(30)27-16-9-11-21(33-2)22(13-16)34-3/h4-13H,14H2,1-3H3,(H,27,30). The number of nitrogens with one attached hydrogen (secondary N) is 1. The van der Waals surface area contributed by atoms with Crippen molar-refractivity contribution < 1.29 is 14.3 Å². The summed E-state index contributed by atoms with van der Waals surface area (Å²) < 4.78 is 12.7. The predicted molar refractivity (Wildman–Crippen MR) is 132 cm³/mol. The first-order chi connectivity index (χ1) is 16.3. The minimum atomic E-state index is -0.670. The lowest BCUT2D eigenvalue weighted by molar-refractivity contribution is -0.116. The summed E-state index contributed by atoms with van der Waals surface area (Å²) in [4.78, 5) is 39.7. The van der Waals surface area contributed by atoms with Crippen molar-refractivity contribution in [1.82, 2.24) is 9.13 Å². The van der Waals surface area contributed by atoms with Crippen molar-refractivity contribution in [3.8, 4) is 17.2 Å². The number of rotatable bonds is 6. The molecule has 0 aliphatic carbocycles. The quantitative estimate of drug-likeness (QED) is 0.454. The van der Waals surface area contributed by atoms with E-state index in [4.69, 9.17) is 21.1 Å². The summed E-state index contributed by atoms with van der Waals surface area (Å²) in [6.07, 6.45) is 0. The van der Waals surface area contributed by atoms with Crippen molar-refractivity contribution in [2.24, 2.45) is 0 Å². The summed E-state index contributed by atoms with van der Waals surface area (Å²) in [7, 11) is 3.01. The Kier molecular flexibility index (Phi) is 6.43. The molecule has 0 spiro atoms. The van der Waals surface area contributed by atoms with Gasteiger partial charge >= 0.3 is 5.69 Å². The van der Waals surface area contributed by atoms with E-state index in [1.807, 2.05) is 6.92 Å². The van der Waals surface area contributed by atoms with E-state index >= 15 is 0 Å². The zero-order valence-corrected chi connectivity index (χ0v) is 19.6. The van der Waals surface area contributed by atoms with Gasteiger partial charge in [-0.1, -0.05) is 35.4 Å². The fourth-order valence-electron chi connectivity index (χ4n) is 3.74. The average molecular weight is 480 g/mol. The molecule has 0 unspecified atom stereocenters. The van der Waals surface area contributed by atoms with Crippen LogP contribution in [0.2, 0.25) is 5.02 Å². The summed E-state index contributed by atoms with van der Waals surface area (Å²) in [5.74, 6) is 0.510. The van der Waals surface area contributed by atoms with Gasteiger partial charge in [0.1, 0.15) is 6.54 Å². The predicted octanol–water partition coefficient (Wildman–Crippen LogP) is 3.77. The third kappa shape index (κ3) is 4.27. The first-order valence-electron chi connectivity index (χ1n) is 10.4. The van der Waals surface area contributed by atoms with Gasteiger partial charge in [-0.15, -0.1) is 0 Å². The lowest BCUT2D eigenvalue weighted by atomic mass is 10.1. The highest BCUT2D eigenvalue weighted by Crippen LogP contribution is 2.29. The number of aromatic nitrogens is 2. The van der Waals surface area contributed by atoms with Gasteiger partial charge in [-0.3, -0.25) is 14.2 Å².